The number of amides is 1. The van der Waals surface area contributed by atoms with Gasteiger partial charge in [0.2, 0.25) is 0 Å². The van der Waals surface area contributed by atoms with Crippen molar-refractivity contribution < 1.29 is 27.4 Å². The Kier molecular flexibility index (Phi) is 5.94. The molecule has 0 fully saturated rings. The van der Waals surface area contributed by atoms with Crippen molar-refractivity contribution in [1.29, 1.82) is 0 Å². The summed E-state index contributed by atoms with van der Waals surface area (Å²) in [6, 6.07) is 6.65. The monoisotopic (exact) mass is 358 g/mol. The van der Waals surface area contributed by atoms with Gasteiger partial charge in [-0.2, -0.15) is 13.2 Å². The second-order valence-electron chi connectivity index (χ2n) is 5.72. The number of hydrogen-bond acceptors (Lipinski definition) is 4. The number of rotatable bonds is 6. The first-order valence-electron chi connectivity index (χ1n) is 7.94. The molecule has 5 nitrogen and oxygen atoms in total. The molecule has 8 heteroatoms. The Morgan fingerprint density at radius 1 is 1.36 bits per heavy atom. The number of carbonyl (C=O) groups is 1. The van der Waals surface area contributed by atoms with Crippen LogP contribution < -0.4 is 5.73 Å². The number of carbonyl (C=O) groups excluding carboxylic acids is 1. The van der Waals surface area contributed by atoms with E-state index in [1.165, 1.54) is 13.2 Å². The van der Waals surface area contributed by atoms with Crippen LogP contribution >= 0.6 is 0 Å². The van der Waals surface area contributed by atoms with Crippen LogP contribution in [0.3, 0.4) is 0 Å². The lowest BCUT2D eigenvalue weighted by atomic mass is 10.1. The molecule has 0 bridgehead atoms. The largest absolute Gasteiger partial charge is 0.471 e. The second kappa shape index (κ2) is 7.77. The van der Waals surface area contributed by atoms with Gasteiger partial charge in [0, 0.05) is 31.1 Å². The van der Waals surface area contributed by atoms with E-state index in [0.29, 0.717) is 12.3 Å². The number of alkyl halides is 3. The quantitative estimate of drug-likeness (QED) is 0.848. The third kappa shape index (κ3) is 4.45. The maximum Gasteiger partial charge on any atom is 0.471 e. The zero-order chi connectivity index (χ0) is 18.6. The summed E-state index contributed by atoms with van der Waals surface area (Å²) in [6.07, 6.45) is -4.08. The zero-order valence-electron chi connectivity index (χ0n) is 14.0. The number of nitrogens with two attached hydrogens (primary N) is 1. The fourth-order valence-electron chi connectivity index (χ4n) is 2.73. The maximum absolute atomic E-state index is 12.7. The van der Waals surface area contributed by atoms with Crippen molar-refractivity contribution in [1.82, 2.24) is 4.90 Å². The van der Waals surface area contributed by atoms with Crippen LogP contribution in [0.5, 0.6) is 0 Å². The smallest absolute Gasteiger partial charge is 0.455 e. The van der Waals surface area contributed by atoms with Crippen LogP contribution in [0.4, 0.5) is 13.2 Å². The highest BCUT2D eigenvalue weighted by molar-refractivity contribution is 5.82. The summed E-state index contributed by atoms with van der Waals surface area (Å²) in [5.41, 5.74) is 7.31. The van der Waals surface area contributed by atoms with Gasteiger partial charge in [-0.25, -0.2) is 0 Å². The topological polar surface area (TPSA) is 64.8 Å². The van der Waals surface area contributed by atoms with Crippen LogP contribution in [-0.2, 0) is 20.8 Å². The van der Waals surface area contributed by atoms with E-state index < -0.39 is 24.4 Å². The lowest BCUT2D eigenvalue weighted by Crippen LogP contribution is -2.46. The highest BCUT2D eigenvalue weighted by Crippen LogP contribution is 2.33. The molecule has 1 heterocycles. The van der Waals surface area contributed by atoms with Crippen LogP contribution in [0.2, 0.25) is 0 Å². The van der Waals surface area contributed by atoms with E-state index in [4.69, 9.17) is 15.2 Å². The van der Waals surface area contributed by atoms with Gasteiger partial charge in [0.05, 0.1) is 0 Å². The molecular weight excluding hydrogens is 337 g/mol. The molecule has 2 rings (SSSR count). The van der Waals surface area contributed by atoms with Gasteiger partial charge in [-0.3, -0.25) is 4.79 Å². The summed E-state index contributed by atoms with van der Waals surface area (Å²) in [7, 11) is 0. The van der Waals surface area contributed by atoms with Crippen LogP contribution in [0.1, 0.15) is 37.7 Å². The second-order valence-corrected chi connectivity index (χ2v) is 5.72. The minimum Gasteiger partial charge on any atom is -0.455 e. The lowest BCUT2D eigenvalue weighted by molar-refractivity contribution is -0.187. The molecule has 2 unspecified atom stereocenters. The van der Waals surface area contributed by atoms with Crippen molar-refractivity contribution in [3.05, 3.63) is 47.4 Å². The van der Waals surface area contributed by atoms with Crippen LogP contribution in [-0.4, -0.2) is 29.6 Å². The van der Waals surface area contributed by atoms with Crippen molar-refractivity contribution in [3.8, 4) is 0 Å². The molecule has 138 valence electrons. The molecule has 25 heavy (non-hydrogen) atoms. The first-order valence-corrected chi connectivity index (χ1v) is 7.94. The van der Waals surface area contributed by atoms with Crippen LogP contribution in [0.15, 0.2) is 36.3 Å². The average molecular weight is 358 g/mol. The minimum absolute atomic E-state index is 0.0485. The summed E-state index contributed by atoms with van der Waals surface area (Å²) in [5, 5.41) is 0. The molecule has 1 aromatic rings. The van der Waals surface area contributed by atoms with Crippen molar-refractivity contribution in [2.75, 3.05) is 6.54 Å². The fourth-order valence-corrected chi connectivity index (χ4v) is 2.73. The van der Waals surface area contributed by atoms with E-state index in [0.717, 1.165) is 16.0 Å². The molecule has 1 aliphatic heterocycles. The molecule has 0 aliphatic carbocycles. The summed E-state index contributed by atoms with van der Waals surface area (Å²) >= 11 is 0. The summed E-state index contributed by atoms with van der Waals surface area (Å²) in [6.45, 7) is 3.31. The number of ether oxygens (including phenoxy) is 2. The molecular formula is C17H21F3N2O3. The zero-order valence-corrected chi connectivity index (χ0v) is 14.0. The Morgan fingerprint density at radius 3 is 2.64 bits per heavy atom. The summed E-state index contributed by atoms with van der Waals surface area (Å²) < 4.78 is 49.1. The predicted molar refractivity (Wildman–Crippen MR) is 84.8 cm³/mol. The van der Waals surface area contributed by atoms with Gasteiger partial charge in [0.15, 0.2) is 0 Å². The van der Waals surface area contributed by atoms with Gasteiger partial charge in [-0.05, 0) is 19.4 Å². The highest BCUT2D eigenvalue weighted by Gasteiger charge is 2.43. The number of nitrogens with zero attached hydrogens (tertiary/aromatic N) is 1. The molecule has 2 atom stereocenters. The van der Waals surface area contributed by atoms with Gasteiger partial charge in [0.1, 0.15) is 12.0 Å². The molecule has 2 N–H and O–H groups in total. The standard InChI is InChI=1S/C17H21F3N2O3/c1-3-22(16(23)17(18,19)20)11(2)8-13-10-24-15(25-13)14-7-5-4-6-12(14)9-21/h4-7,10-11,15H,3,8-9,21H2,1-2H3. The first-order chi connectivity index (χ1) is 11.8. The SMILES string of the molecule is CCN(C(=O)C(F)(F)F)C(C)CC1=COC(c2ccccc2CN)O1. The van der Waals surface area contributed by atoms with Crippen molar-refractivity contribution in [3.63, 3.8) is 0 Å². The van der Waals surface area contributed by atoms with E-state index in [-0.39, 0.29) is 13.0 Å². The maximum atomic E-state index is 12.7. The summed E-state index contributed by atoms with van der Waals surface area (Å²) in [4.78, 5) is 12.2. The van der Waals surface area contributed by atoms with Gasteiger partial charge >= 0.3 is 12.1 Å². The van der Waals surface area contributed by atoms with Crippen LogP contribution in [0, 0.1) is 0 Å². The molecule has 0 spiro atoms. The normalized spacial score (nSPS) is 18.2. The van der Waals surface area contributed by atoms with Gasteiger partial charge in [-0.15, -0.1) is 0 Å². The highest BCUT2D eigenvalue weighted by atomic mass is 19.4. The third-order valence-corrected chi connectivity index (χ3v) is 3.98. The number of benzene rings is 1. The van der Waals surface area contributed by atoms with Crippen molar-refractivity contribution in [2.24, 2.45) is 5.73 Å². The lowest BCUT2D eigenvalue weighted by Gasteiger charge is -2.28. The molecule has 0 aromatic heterocycles. The molecule has 0 radical (unpaired) electrons. The first kappa shape index (κ1) is 19.1. The van der Waals surface area contributed by atoms with Crippen molar-refractivity contribution >= 4 is 5.91 Å². The number of hydrogen-bond donors (Lipinski definition) is 1. The minimum atomic E-state index is -4.89. The molecule has 0 saturated heterocycles. The Hall–Kier alpha value is -2.22. The number of halogens is 3. The van der Waals surface area contributed by atoms with E-state index in [1.54, 1.807) is 6.92 Å². The van der Waals surface area contributed by atoms with Crippen molar-refractivity contribution in [2.45, 2.75) is 45.3 Å². The Morgan fingerprint density at radius 2 is 2.04 bits per heavy atom. The summed E-state index contributed by atoms with van der Waals surface area (Å²) in [5.74, 6) is -1.47. The predicted octanol–water partition coefficient (Wildman–Crippen LogP) is 3.22. The molecule has 1 amide bonds. The Labute approximate surface area is 144 Å². The molecule has 1 aromatic carbocycles. The van der Waals surface area contributed by atoms with E-state index in [9.17, 15) is 18.0 Å². The Bertz CT molecular complexity index is 646. The fraction of sp³-hybridized carbons (Fsp3) is 0.471. The molecule has 0 saturated carbocycles. The van der Waals surface area contributed by atoms with Gasteiger partial charge in [0.25, 0.3) is 6.29 Å². The van der Waals surface area contributed by atoms with Gasteiger partial charge in [-0.1, -0.05) is 24.3 Å². The van der Waals surface area contributed by atoms with E-state index in [2.05, 4.69) is 0 Å². The molecule has 1 aliphatic rings. The van der Waals surface area contributed by atoms with E-state index in [1.807, 2.05) is 24.3 Å². The van der Waals surface area contributed by atoms with E-state index >= 15 is 0 Å². The Balaban J connectivity index is 2.01. The average Bonchev–Trinajstić information content (AvgIpc) is 3.02. The van der Waals surface area contributed by atoms with Gasteiger partial charge < -0.3 is 20.1 Å². The van der Waals surface area contributed by atoms with Crippen LogP contribution in [0.25, 0.3) is 0 Å². The third-order valence-electron chi connectivity index (χ3n) is 3.98.